The maximum Gasteiger partial charge on any atom is 0.416 e. The number of rotatable bonds is 3. The molecule has 0 N–H and O–H groups in total. The maximum absolute atomic E-state index is 13.1. The van der Waals surface area contributed by atoms with Crippen molar-refractivity contribution in [1.82, 2.24) is 0 Å². The van der Waals surface area contributed by atoms with Gasteiger partial charge in [0.05, 0.1) is 26.7 Å². The average molecular weight is 494 g/mol. The quantitative estimate of drug-likeness (QED) is 0.294. The van der Waals surface area contributed by atoms with Crippen molar-refractivity contribution >= 4 is 26.9 Å². The Morgan fingerprint density at radius 2 is 1.09 bits per heavy atom. The summed E-state index contributed by atoms with van der Waals surface area (Å²) >= 11 is 0. The number of sulfone groups is 1. The molecule has 178 valence electrons. The highest BCUT2D eigenvalue weighted by atomic mass is 32.2. The van der Waals surface area contributed by atoms with Crippen molar-refractivity contribution in [3.63, 3.8) is 0 Å². The number of fused-ring (bicyclic) bond motifs is 2. The fourth-order valence-electron chi connectivity index (χ4n) is 4.68. The molecule has 1 heterocycles. The number of anilines is 3. The van der Waals surface area contributed by atoms with Gasteiger partial charge >= 0.3 is 6.18 Å². The monoisotopic (exact) mass is 493 g/mol. The molecule has 35 heavy (non-hydrogen) atoms. The van der Waals surface area contributed by atoms with Crippen LogP contribution >= 0.6 is 0 Å². The van der Waals surface area contributed by atoms with Gasteiger partial charge in [0, 0.05) is 11.1 Å². The van der Waals surface area contributed by atoms with E-state index in [-0.39, 0.29) is 15.2 Å². The summed E-state index contributed by atoms with van der Waals surface area (Å²) in [7, 11) is -3.97. The molecule has 0 radical (unpaired) electrons. The minimum Gasteiger partial charge on any atom is -0.310 e. The molecule has 0 saturated heterocycles. The Morgan fingerprint density at radius 3 is 1.54 bits per heavy atom. The van der Waals surface area contributed by atoms with Crippen molar-refractivity contribution in [3.05, 3.63) is 114 Å². The second-order valence-corrected chi connectivity index (χ2v) is 11.0. The molecule has 4 aromatic carbocycles. The second-order valence-electron chi connectivity index (χ2n) is 9.01. The largest absolute Gasteiger partial charge is 0.416 e. The first-order valence-electron chi connectivity index (χ1n) is 11.0. The van der Waals surface area contributed by atoms with E-state index < -0.39 is 21.6 Å². The van der Waals surface area contributed by atoms with Crippen molar-refractivity contribution in [2.24, 2.45) is 0 Å². The van der Waals surface area contributed by atoms with E-state index in [0.717, 1.165) is 52.5 Å². The van der Waals surface area contributed by atoms with Gasteiger partial charge < -0.3 is 4.90 Å². The van der Waals surface area contributed by atoms with Gasteiger partial charge in [-0.1, -0.05) is 50.2 Å². The van der Waals surface area contributed by atoms with E-state index in [1.54, 1.807) is 12.1 Å². The molecular weight excluding hydrogens is 471 g/mol. The Hall–Kier alpha value is -3.58. The van der Waals surface area contributed by atoms with E-state index in [9.17, 15) is 21.6 Å². The lowest BCUT2D eigenvalue weighted by Crippen LogP contribution is -2.30. The summed E-state index contributed by atoms with van der Waals surface area (Å²) in [5.74, 6) is 0. The Labute approximate surface area is 202 Å². The van der Waals surface area contributed by atoms with Crippen LogP contribution in [-0.4, -0.2) is 8.42 Å². The lowest BCUT2D eigenvalue weighted by molar-refractivity contribution is -0.137. The Bertz CT molecular complexity index is 1460. The Balaban J connectivity index is 1.56. The lowest BCUT2D eigenvalue weighted by Gasteiger charge is -2.42. The summed E-state index contributed by atoms with van der Waals surface area (Å²) < 4.78 is 64.7. The second kappa shape index (κ2) is 7.99. The number of halogens is 3. The number of nitrogens with zero attached hydrogens (tertiary/aromatic N) is 1. The van der Waals surface area contributed by atoms with Gasteiger partial charge in [-0.25, -0.2) is 8.42 Å². The molecule has 4 aromatic rings. The minimum atomic E-state index is -4.53. The summed E-state index contributed by atoms with van der Waals surface area (Å²) in [6.07, 6.45) is -4.53. The summed E-state index contributed by atoms with van der Waals surface area (Å²) in [5, 5.41) is 0. The molecule has 0 fully saturated rings. The molecule has 0 spiro atoms. The van der Waals surface area contributed by atoms with E-state index in [2.05, 4.69) is 30.9 Å². The number of para-hydroxylation sites is 2. The van der Waals surface area contributed by atoms with Gasteiger partial charge in [-0.15, -0.1) is 0 Å². The third-order valence-corrected chi connectivity index (χ3v) is 8.32. The zero-order chi connectivity index (χ0) is 25.0. The third kappa shape index (κ3) is 3.80. The number of benzene rings is 4. The normalized spacial score (nSPS) is 14.8. The topological polar surface area (TPSA) is 37.4 Å². The van der Waals surface area contributed by atoms with Crippen molar-refractivity contribution < 1.29 is 21.6 Å². The molecule has 0 aromatic heterocycles. The predicted octanol–water partition coefficient (Wildman–Crippen LogP) is 7.65. The van der Waals surface area contributed by atoms with Gasteiger partial charge in [-0.2, -0.15) is 13.2 Å². The molecule has 7 heteroatoms. The molecule has 5 rings (SSSR count). The molecule has 0 atom stereocenters. The Morgan fingerprint density at radius 1 is 0.657 bits per heavy atom. The van der Waals surface area contributed by atoms with E-state index in [4.69, 9.17) is 0 Å². The molecular formula is C28H22F3NO2S. The standard InChI is InChI=1S/C28H22F3NO2S/c1-27(2)23-7-3-5-9-25(23)32(26-10-6-4-8-24(26)27)20-13-17-22(18-14-20)35(33,34)21-15-11-19(12-16-21)28(29,30)31/h3-18H,1-2H3. The lowest BCUT2D eigenvalue weighted by atomic mass is 9.73. The maximum atomic E-state index is 13.1. The first-order chi connectivity index (χ1) is 16.5. The fraction of sp³-hybridized carbons (Fsp3) is 0.143. The summed E-state index contributed by atoms with van der Waals surface area (Å²) in [5.41, 5.74) is 4.00. The number of hydrogen-bond acceptors (Lipinski definition) is 3. The van der Waals surface area contributed by atoms with Crippen LogP contribution in [0.4, 0.5) is 30.2 Å². The van der Waals surface area contributed by atoms with Crippen LogP contribution in [0.15, 0.2) is 107 Å². The Kier molecular flexibility index (Phi) is 5.29. The molecule has 0 unspecified atom stereocenters. The summed E-state index contributed by atoms with van der Waals surface area (Å²) in [4.78, 5) is 1.93. The molecule has 0 saturated carbocycles. The zero-order valence-corrected chi connectivity index (χ0v) is 19.9. The summed E-state index contributed by atoms with van der Waals surface area (Å²) in [6, 6.07) is 26.2. The van der Waals surface area contributed by atoms with Crippen LogP contribution in [0.3, 0.4) is 0 Å². The van der Waals surface area contributed by atoms with E-state index in [1.807, 2.05) is 36.4 Å². The van der Waals surface area contributed by atoms with Crippen LogP contribution in [0.2, 0.25) is 0 Å². The van der Waals surface area contributed by atoms with Crippen LogP contribution in [0, 0.1) is 0 Å². The van der Waals surface area contributed by atoms with Crippen LogP contribution in [0.5, 0.6) is 0 Å². The highest BCUT2D eigenvalue weighted by molar-refractivity contribution is 7.91. The van der Waals surface area contributed by atoms with Crippen molar-refractivity contribution in [2.45, 2.75) is 35.2 Å². The van der Waals surface area contributed by atoms with Crippen molar-refractivity contribution in [1.29, 1.82) is 0 Å². The summed E-state index contributed by atoms with van der Waals surface area (Å²) in [6.45, 7) is 4.36. The molecule has 1 aliphatic heterocycles. The van der Waals surface area contributed by atoms with Gasteiger partial charge in [0.25, 0.3) is 0 Å². The van der Waals surface area contributed by atoms with Crippen molar-refractivity contribution in [3.8, 4) is 0 Å². The van der Waals surface area contributed by atoms with Crippen LogP contribution in [0.25, 0.3) is 0 Å². The van der Waals surface area contributed by atoms with Gasteiger partial charge in [0.2, 0.25) is 9.84 Å². The molecule has 0 aliphatic carbocycles. The zero-order valence-electron chi connectivity index (χ0n) is 19.0. The highest BCUT2D eigenvalue weighted by Gasteiger charge is 2.36. The van der Waals surface area contributed by atoms with Gasteiger partial charge in [0.1, 0.15) is 0 Å². The van der Waals surface area contributed by atoms with E-state index >= 15 is 0 Å². The van der Waals surface area contributed by atoms with Gasteiger partial charge in [0.15, 0.2) is 0 Å². The smallest absolute Gasteiger partial charge is 0.310 e. The minimum absolute atomic E-state index is 0.0138. The number of alkyl halides is 3. The fourth-order valence-corrected chi connectivity index (χ4v) is 5.94. The van der Waals surface area contributed by atoms with Crippen LogP contribution in [0.1, 0.15) is 30.5 Å². The van der Waals surface area contributed by atoms with Gasteiger partial charge in [-0.3, -0.25) is 0 Å². The molecule has 0 bridgehead atoms. The predicted molar refractivity (Wildman–Crippen MR) is 130 cm³/mol. The van der Waals surface area contributed by atoms with Crippen molar-refractivity contribution in [2.75, 3.05) is 4.90 Å². The molecule has 0 amide bonds. The van der Waals surface area contributed by atoms with Gasteiger partial charge in [-0.05, 0) is 71.8 Å². The number of hydrogen-bond donors (Lipinski definition) is 0. The first-order valence-corrected chi connectivity index (χ1v) is 12.5. The third-order valence-electron chi connectivity index (χ3n) is 6.53. The van der Waals surface area contributed by atoms with E-state index in [1.165, 1.54) is 12.1 Å². The van der Waals surface area contributed by atoms with Crippen LogP contribution < -0.4 is 4.90 Å². The highest BCUT2D eigenvalue weighted by Crippen LogP contribution is 2.51. The molecule has 1 aliphatic rings. The first kappa shape index (κ1) is 23.2. The average Bonchev–Trinajstić information content (AvgIpc) is 2.84. The van der Waals surface area contributed by atoms with Crippen LogP contribution in [-0.2, 0) is 21.4 Å². The SMILES string of the molecule is CC1(C)c2ccccc2N(c2ccc(S(=O)(=O)c3ccc(C(F)(F)F)cc3)cc2)c2ccccc21. The van der Waals surface area contributed by atoms with E-state index in [0.29, 0.717) is 0 Å². The molecule has 3 nitrogen and oxygen atoms in total.